The summed E-state index contributed by atoms with van der Waals surface area (Å²) in [5.41, 5.74) is -1.44. The highest BCUT2D eigenvalue weighted by Gasteiger charge is 2.44. The van der Waals surface area contributed by atoms with Crippen molar-refractivity contribution in [1.82, 2.24) is 4.90 Å². The Balaban J connectivity index is 3.13. The summed E-state index contributed by atoms with van der Waals surface area (Å²) in [5.74, 6) is -1.35. The summed E-state index contributed by atoms with van der Waals surface area (Å²) in [6, 6.07) is -1.18. The molecule has 1 rings (SSSR count). The molecule has 1 saturated heterocycles. The smallest absolute Gasteiger partial charge is 0.414 e. The third-order valence-electron chi connectivity index (χ3n) is 2.75. The number of nitrogens with zero attached hydrogens (tertiary/aromatic N) is 1. The van der Waals surface area contributed by atoms with Gasteiger partial charge in [0.15, 0.2) is 12.8 Å². The summed E-state index contributed by atoms with van der Waals surface area (Å²) < 4.78 is 15.6. The Morgan fingerprint density at radius 3 is 2.09 bits per heavy atom. The Labute approximate surface area is 136 Å². The predicted molar refractivity (Wildman–Crippen MR) is 82.4 cm³/mol. The fourth-order valence-electron chi connectivity index (χ4n) is 1.93. The molecule has 1 aliphatic rings. The van der Waals surface area contributed by atoms with Gasteiger partial charge in [0.05, 0.1) is 5.57 Å². The van der Waals surface area contributed by atoms with Gasteiger partial charge in [-0.2, -0.15) is 0 Å². The summed E-state index contributed by atoms with van der Waals surface area (Å²) in [5, 5.41) is 0. The molecule has 0 aliphatic carbocycles. The van der Waals surface area contributed by atoms with E-state index in [2.05, 4.69) is 0 Å². The van der Waals surface area contributed by atoms with Gasteiger partial charge in [-0.1, -0.05) is 6.08 Å². The summed E-state index contributed by atoms with van der Waals surface area (Å²) in [7, 11) is 0. The number of carbonyl (C=O) groups excluding carboxylic acids is 3. The van der Waals surface area contributed by atoms with Crippen molar-refractivity contribution in [1.29, 1.82) is 0 Å². The minimum Gasteiger partial charge on any atom is -0.458 e. The normalized spacial score (nSPS) is 21.0. The molecule has 130 valence electrons. The van der Waals surface area contributed by atoms with Gasteiger partial charge in [-0.15, -0.1) is 0 Å². The van der Waals surface area contributed by atoms with E-state index < -0.39 is 35.3 Å². The number of hydrogen-bond donors (Lipinski definition) is 0. The molecule has 0 N–H and O–H groups in total. The molecule has 1 heterocycles. The van der Waals surface area contributed by atoms with Crippen LogP contribution in [-0.4, -0.2) is 46.9 Å². The Morgan fingerprint density at radius 2 is 1.65 bits per heavy atom. The first kappa shape index (κ1) is 19.0. The lowest BCUT2D eigenvalue weighted by Crippen LogP contribution is -2.55. The largest absolute Gasteiger partial charge is 0.458 e. The van der Waals surface area contributed by atoms with Crippen molar-refractivity contribution in [3.8, 4) is 0 Å². The molecular weight excluding hydrogens is 302 g/mol. The number of ether oxygens (including phenoxy) is 3. The molecule has 0 bridgehead atoms. The number of carbonyl (C=O) groups is 3. The van der Waals surface area contributed by atoms with Crippen LogP contribution in [0.4, 0.5) is 4.79 Å². The van der Waals surface area contributed by atoms with E-state index in [9.17, 15) is 14.4 Å². The topological polar surface area (TPSA) is 82.1 Å². The van der Waals surface area contributed by atoms with Gasteiger partial charge in [0.1, 0.15) is 11.2 Å². The quantitative estimate of drug-likeness (QED) is 0.418. The molecule has 7 heteroatoms. The molecule has 7 nitrogen and oxygen atoms in total. The van der Waals surface area contributed by atoms with E-state index in [0.717, 1.165) is 4.90 Å². The van der Waals surface area contributed by atoms with Gasteiger partial charge in [-0.3, -0.25) is 4.90 Å². The monoisotopic (exact) mass is 327 g/mol. The average molecular weight is 327 g/mol. The van der Waals surface area contributed by atoms with E-state index in [-0.39, 0.29) is 12.3 Å². The second-order valence-electron chi connectivity index (χ2n) is 7.19. The van der Waals surface area contributed by atoms with Crippen molar-refractivity contribution in [2.45, 2.75) is 65.7 Å². The highest BCUT2D eigenvalue weighted by Crippen LogP contribution is 2.24. The lowest BCUT2D eigenvalue weighted by atomic mass is 10.0. The van der Waals surface area contributed by atoms with Crippen LogP contribution >= 0.6 is 0 Å². The van der Waals surface area contributed by atoms with Gasteiger partial charge >= 0.3 is 18.0 Å². The van der Waals surface area contributed by atoms with Gasteiger partial charge in [-0.25, -0.2) is 14.4 Å². The molecule has 0 spiro atoms. The Kier molecular flexibility index (Phi) is 5.45. The van der Waals surface area contributed by atoms with E-state index >= 15 is 0 Å². The molecule has 0 aromatic heterocycles. The zero-order valence-corrected chi connectivity index (χ0v) is 14.8. The minimum atomic E-state index is -1.18. The molecule has 23 heavy (non-hydrogen) atoms. The van der Waals surface area contributed by atoms with Crippen LogP contribution < -0.4 is 0 Å². The maximum atomic E-state index is 12.5. The van der Waals surface area contributed by atoms with Crippen molar-refractivity contribution in [2.75, 3.05) is 6.73 Å². The Hall–Kier alpha value is -2.05. The molecule has 1 aliphatic heterocycles. The lowest BCUT2D eigenvalue weighted by molar-refractivity contribution is -0.170. The number of amides is 1. The summed E-state index contributed by atoms with van der Waals surface area (Å²) >= 11 is 0. The second-order valence-corrected chi connectivity index (χ2v) is 7.19. The van der Waals surface area contributed by atoms with Crippen LogP contribution in [0.5, 0.6) is 0 Å². The first-order valence-corrected chi connectivity index (χ1v) is 7.41. The first-order chi connectivity index (χ1) is 10.4. The van der Waals surface area contributed by atoms with Gasteiger partial charge in [0.25, 0.3) is 0 Å². The van der Waals surface area contributed by atoms with Crippen LogP contribution in [0.2, 0.25) is 0 Å². The minimum absolute atomic E-state index is 0.0522. The number of esters is 2. The average Bonchev–Trinajstić information content (AvgIpc) is 2.33. The van der Waals surface area contributed by atoms with Crippen LogP contribution in [0.3, 0.4) is 0 Å². The van der Waals surface area contributed by atoms with Crippen molar-refractivity contribution < 1.29 is 28.6 Å². The van der Waals surface area contributed by atoms with Crippen molar-refractivity contribution >= 4 is 18.0 Å². The number of allylic oxidation sites excluding steroid dienone is 1. The van der Waals surface area contributed by atoms with E-state index in [4.69, 9.17) is 14.2 Å². The van der Waals surface area contributed by atoms with Crippen LogP contribution in [0, 0.1) is 0 Å². The SMILES string of the molecule is C/C=C1/C(=O)OCN(C(=O)OC(C)(C)C)[C@@H]1C(=O)OC(C)(C)C. The van der Waals surface area contributed by atoms with E-state index in [1.807, 2.05) is 0 Å². The fourth-order valence-corrected chi connectivity index (χ4v) is 1.93. The van der Waals surface area contributed by atoms with Crippen molar-refractivity contribution in [3.63, 3.8) is 0 Å². The van der Waals surface area contributed by atoms with Crippen LogP contribution in [0.25, 0.3) is 0 Å². The van der Waals surface area contributed by atoms with Gasteiger partial charge in [0.2, 0.25) is 0 Å². The van der Waals surface area contributed by atoms with Crippen molar-refractivity contribution in [3.05, 3.63) is 11.6 Å². The van der Waals surface area contributed by atoms with E-state index in [1.54, 1.807) is 48.5 Å². The summed E-state index contributed by atoms with van der Waals surface area (Å²) in [6.45, 7) is 11.5. The molecule has 0 radical (unpaired) electrons. The number of cyclic esters (lactones) is 1. The first-order valence-electron chi connectivity index (χ1n) is 7.41. The molecule has 0 unspecified atom stereocenters. The fraction of sp³-hybridized carbons (Fsp3) is 0.688. The molecular formula is C16H25NO6. The standard InChI is InChI=1S/C16H25NO6/c1-8-10-11(13(19)22-15(2,3)4)17(9-21-12(10)18)14(20)23-16(5,6)7/h8,11H,9H2,1-7H3/b10-8+/t11-/m0/s1. The van der Waals surface area contributed by atoms with Crippen molar-refractivity contribution in [2.24, 2.45) is 0 Å². The highest BCUT2D eigenvalue weighted by molar-refractivity contribution is 6.00. The highest BCUT2D eigenvalue weighted by atomic mass is 16.6. The molecule has 0 aromatic carbocycles. The third kappa shape index (κ3) is 5.26. The maximum absolute atomic E-state index is 12.5. The van der Waals surface area contributed by atoms with Crippen LogP contribution in [0.1, 0.15) is 48.5 Å². The van der Waals surface area contributed by atoms with Crippen LogP contribution in [-0.2, 0) is 23.8 Å². The van der Waals surface area contributed by atoms with Gasteiger partial charge < -0.3 is 14.2 Å². The van der Waals surface area contributed by atoms with Gasteiger partial charge in [-0.05, 0) is 48.5 Å². The third-order valence-corrected chi connectivity index (χ3v) is 2.75. The molecule has 1 amide bonds. The molecule has 1 atom stereocenters. The zero-order chi connectivity index (χ0) is 18.0. The predicted octanol–water partition coefficient (Wildman–Crippen LogP) is 2.39. The molecule has 1 fully saturated rings. The van der Waals surface area contributed by atoms with Crippen LogP contribution in [0.15, 0.2) is 11.6 Å². The molecule has 0 saturated carbocycles. The van der Waals surface area contributed by atoms with Gasteiger partial charge in [0, 0.05) is 0 Å². The summed E-state index contributed by atoms with van der Waals surface area (Å²) in [6.07, 6.45) is 0.688. The maximum Gasteiger partial charge on any atom is 0.414 e. The lowest BCUT2D eigenvalue weighted by Gasteiger charge is -2.36. The molecule has 0 aromatic rings. The number of hydrogen-bond acceptors (Lipinski definition) is 6. The summed E-state index contributed by atoms with van der Waals surface area (Å²) in [4.78, 5) is 37.8. The zero-order valence-electron chi connectivity index (χ0n) is 14.8. The Bertz CT molecular complexity index is 524. The van der Waals surface area contributed by atoms with E-state index in [1.165, 1.54) is 6.08 Å². The van der Waals surface area contributed by atoms with E-state index in [0.29, 0.717) is 0 Å². The second kappa shape index (κ2) is 6.60. The number of rotatable bonds is 1. The Morgan fingerprint density at radius 1 is 1.13 bits per heavy atom.